The fraction of sp³-hybridized carbons (Fsp3) is 0.273. The Hall–Kier alpha value is -2.96. The van der Waals surface area contributed by atoms with Gasteiger partial charge in [0.05, 0.1) is 19.4 Å². The highest BCUT2D eigenvalue weighted by Crippen LogP contribution is 2.22. The van der Waals surface area contributed by atoms with Crippen molar-refractivity contribution in [2.75, 3.05) is 44.6 Å². The summed E-state index contributed by atoms with van der Waals surface area (Å²) in [5.41, 5.74) is 0.839. The van der Waals surface area contributed by atoms with E-state index in [-0.39, 0.29) is 11.7 Å². The maximum atomic E-state index is 12.5. The standard InChI is InChI=1S/C22H23N3O3/c26-20(21-9-4-14-28-21)15-24-10-12-25(13-11-24)16-22(27)23-19-8-3-6-17-5-1-2-7-18(17)19/h1-9,14H,10-13,15-16H2,(H,23,27). The summed E-state index contributed by atoms with van der Waals surface area (Å²) in [4.78, 5) is 28.9. The first-order valence-electron chi connectivity index (χ1n) is 9.48. The monoisotopic (exact) mass is 377 g/mol. The largest absolute Gasteiger partial charge is 0.461 e. The van der Waals surface area contributed by atoms with Crippen LogP contribution in [0.5, 0.6) is 0 Å². The van der Waals surface area contributed by atoms with Gasteiger partial charge in [-0.25, -0.2) is 0 Å². The summed E-state index contributed by atoms with van der Waals surface area (Å²) in [6.45, 7) is 3.73. The minimum Gasteiger partial charge on any atom is -0.461 e. The lowest BCUT2D eigenvalue weighted by Crippen LogP contribution is -2.49. The Bertz CT molecular complexity index is 955. The number of hydrogen-bond acceptors (Lipinski definition) is 5. The molecule has 2 aromatic carbocycles. The Kier molecular flexibility index (Phi) is 5.50. The second-order valence-corrected chi connectivity index (χ2v) is 7.03. The third kappa shape index (κ3) is 4.30. The van der Waals surface area contributed by atoms with Gasteiger partial charge in [-0.3, -0.25) is 19.4 Å². The number of carbonyl (C=O) groups excluding carboxylic acids is 2. The van der Waals surface area contributed by atoms with E-state index in [0.29, 0.717) is 18.8 Å². The van der Waals surface area contributed by atoms with Gasteiger partial charge in [0.25, 0.3) is 0 Å². The summed E-state index contributed by atoms with van der Waals surface area (Å²) in [6.07, 6.45) is 1.51. The molecule has 0 bridgehead atoms. The summed E-state index contributed by atoms with van der Waals surface area (Å²) in [5, 5.41) is 5.18. The van der Waals surface area contributed by atoms with Crippen LogP contribution in [0.3, 0.4) is 0 Å². The molecule has 6 nitrogen and oxygen atoms in total. The predicted molar refractivity (Wildman–Crippen MR) is 108 cm³/mol. The minimum absolute atomic E-state index is 0.00727. The van der Waals surface area contributed by atoms with Crippen molar-refractivity contribution in [2.45, 2.75) is 0 Å². The molecule has 0 atom stereocenters. The van der Waals surface area contributed by atoms with Crippen LogP contribution in [-0.2, 0) is 4.79 Å². The Morgan fingerprint density at radius 1 is 0.857 bits per heavy atom. The maximum Gasteiger partial charge on any atom is 0.238 e. The molecule has 1 amide bonds. The molecular weight excluding hydrogens is 354 g/mol. The highest BCUT2D eigenvalue weighted by Gasteiger charge is 2.22. The first-order valence-corrected chi connectivity index (χ1v) is 9.48. The van der Waals surface area contributed by atoms with Gasteiger partial charge in [0.1, 0.15) is 0 Å². The van der Waals surface area contributed by atoms with Crippen molar-refractivity contribution in [2.24, 2.45) is 0 Å². The van der Waals surface area contributed by atoms with Gasteiger partial charge in [0, 0.05) is 37.3 Å². The number of benzene rings is 2. The van der Waals surface area contributed by atoms with Crippen molar-refractivity contribution >= 4 is 28.2 Å². The summed E-state index contributed by atoms with van der Waals surface area (Å²) < 4.78 is 5.16. The lowest BCUT2D eigenvalue weighted by atomic mass is 10.1. The van der Waals surface area contributed by atoms with E-state index in [4.69, 9.17) is 4.42 Å². The van der Waals surface area contributed by atoms with E-state index in [1.54, 1.807) is 12.1 Å². The van der Waals surface area contributed by atoms with E-state index in [2.05, 4.69) is 15.1 Å². The van der Waals surface area contributed by atoms with Crippen LogP contribution in [-0.4, -0.2) is 60.8 Å². The second-order valence-electron chi connectivity index (χ2n) is 7.03. The number of nitrogens with one attached hydrogen (secondary N) is 1. The van der Waals surface area contributed by atoms with E-state index >= 15 is 0 Å². The van der Waals surface area contributed by atoms with Gasteiger partial charge in [-0.05, 0) is 23.6 Å². The molecule has 1 saturated heterocycles. The van der Waals surface area contributed by atoms with Gasteiger partial charge in [0.15, 0.2) is 5.76 Å². The van der Waals surface area contributed by atoms with Gasteiger partial charge in [-0.1, -0.05) is 36.4 Å². The number of fused-ring (bicyclic) bond motifs is 1. The smallest absolute Gasteiger partial charge is 0.238 e. The molecule has 6 heteroatoms. The number of furan rings is 1. The topological polar surface area (TPSA) is 65.8 Å². The third-order valence-corrected chi connectivity index (χ3v) is 5.06. The molecule has 0 aliphatic carbocycles. The molecule has 0 unspecified atom stereocenters. The molecule has 1 N–H and O–H groups in total. The van der Waals surface area contributed by atoms with Crippen molar-refractivity contribution in [3.05, 3.63) is 66.6 Å². The first kappa shape index (κ1) is 18.4. The van der Waals surface area contributed by atoms with Crippen LogP contribution in [0.15, 0.2) is 65.3 Å². The number of Topliss-reactive ketones (excluding diaryl/α,β-unsaturated/α-hetero) is 1. The Morgan fingerprint density at radius 3 is 2.32 bits per heavy atom. The zero-order valence-electron chi connectivity index (χ0n) is 15.6. The zero-order chi connectivity index (χ0) is 19.3. The predicted octanol–water partition coefficient (Wildman–Crippen LogP) is 2.87. The number of carbonyl (C=O) groups is 2. The van der Waals surface area contributed by atoms with Gasteiger partial charge in [-0.15, -0.1) is 0 Å². The van der Waals surface area contributed by atoms with Crippen molar-refractivity contribution in [1.29, 1.82) is 0 Å². The molecule has 1 aliphatic rings. The quantitative estimate of drug-likeness (QED) is 0.669. The lowest BCUT2D eigenvalue weighted by Gasteiger charge is -2.33. The van der Waals surface area contributed by atoms with E-state index in [0.717, 1.165) is 42.6 Å². The van der Waals surface area contributed by atoms with Crippen molar-refractivity contribution in [3.63, 3.8) is 0 Å². The van der Waals surface area contributed by atoms with Crippen LogP contribution in [0.2, 0.25) is 0 Å². The maximum absolute atomic E-state index is 12.5. The second kappa shape index (κ2) is 8.37. The molecule has 4 rings (SSSR count). The Morgan fingerprint density at radius 2 is 1.57 bits per heavy atom. The molecule has 1 aromatic heterocycles. The molecule has 28 heavy (non-hydrogen) atoms. The normalized spacial score (nSPS) is 15.6. The van der Waals surface area contributed by atoms with Crippen LogP contribution in [0.4, 0.5) is 5.69 Å². The summed E-state index contributed by atoms with van der Waals surface area (Å²) in [6, 6.07) is 17.3. The van der Waals surface area contributed by atoms with Gasteiger partial charge in [0.2, 0.25) is 11.7 Å². The molecule has 0 radical (unpaired) electrons. The van der Waals surface area contributed by atoms with Gasteiger partial charge >= 0.3 is 0 Å². The zero-order valence-corrected chi connectivity index (χ0v) is 15.6. The van der Waals surface area contributed by atoms with Gasteiger partial charge < -0.3 is 9.73 Å². The molecule has 144 valence electrons. The van der Waals surface area contributed by atoms with Crippen LogP contribution >= 0.6 is 0 Å². The molecule has 2 heterocycles. The molecule has 1 aliphatic heterocycles. The average Bonchev–Trinajstić information content (AvgIpc) is 3.25. The van der Waals surface area contributed by atoms with E-state index in [9.17, 15) is 9.59 Å². The van der Waals surface area contributed by atoms with Crippen molar-refractivity contribution in [1.82, 2.24) is 9.80 Å². The van der Waals surface area contributed by atoms with Crippen LogP contribution in [0.1, 0.15) is 10.6 Å². The Balaban J connectivity index is 1.27. The van der Waals surface area contributed by atoms with Crippen molar-refractivity contribution in [3.8, 4) is 0 Å². The molecular formula is C22H23N3O3. The fourth-order valence-corrected chi connectivity index (χ4v) is 3.55. The van der Waals surface area contributed by atoms with Crippen molar-refractivity contribution < 1.29 is 14.0 Å². The van der Waals surface area contributed by atoms with E-state index in [1.165, 1.54) is 6.26 Å². The molecule has 0 spiro atoms. The Labute approximate surface area is 163 Å². The number of amides is 1. The summed E-state index contributed by atoms with van der Waals surface area (Å²) >= 11 is 0. The number of anilines is 1. The van der Waals surface area contributed by atoms with Crippen LogP contribution in [0, 0.1) is 0 Å². The fourth-order valence-electron chi connectivity index (χ4n) is 3.55. The number of ketones is 1. The number of rotatable bonds is 6. The van der Waals surface area contributed by atoms with Gasteiger partial charge in [-0.2, -0.15) is 0 Å². The molecule has 3 aromatic rings. The SMILES string of the molecule is O=C(CN1CCN(CC(=O)c2ccco2)CC1)Nc1cccc2ccccc12. The van der Waals surface area contributed by atoms with Crippen LogP contribution in [0.25, 0.3) is 10.8 Å². The highest BCUT2D eigenvalue weighted by molar-refractivity contribution is 6.02. The first-order chi connectivity index (χ1) is 13.7. The number of piperazine rings is 1. The number of hydrogen-bond donors (Lipinski definition) is 1. The van der Waals surface area contributed by atoms with Crippen LogP contribution < -0.4 is 5.32 Å². The summed E-state index contributed by atoms with van der Waals surface area (Å²) in [7, 11) is 0. The average molecular weight is 377 g/mol. The van der Waals surface area contributed by atoms with E-state index < -0.39 is 0 Å². The molecule has 1 fully saturated rings. The number of nitrogens with zero attached hydrogens (tertiary/aromatic N) is 2. The highest BCUT2D eigenvalue weighted by atomic mass is 16.3. The van der Waals surface area contributed by atoms with E-state index in [1.807, 2.05) is 42.5 Å². The molecule has 0 saturated carbocycles. The third-order valence-electron chi connectivity index (χ3n) is 5.06. The summed E-state index contributed by atoms with van der Waals surface area (Å²) in [5.74, 6) is 0.375. The lowest BCUT2D eigenvalue weighted by molar-refractivity contribution is -0.117. The minimum atomic E-state index is -0.0172.